The zero-order chi connectivity index (χ0) is 19.6. The molecule has 0 radical (unpaired) electrons. The second kappa shape index (κ2) is 7.48. The lowest BCUT2D eigenvalue weighted by Crippen LogP contribution is -2.35. The van der Waals surface area contributed by atoms with Gasteiger partial charge in [-0.3, -0.25) is 9.52 Å². The molecule has 4 rings (SSSR count). The smallest absolute Gasteiger partial charge is 0.261 e. The van der Waals surface area contributed by atoms with E-state index in [0.29, 0.717) is 17.8 Å². The number of sulfonamides is 1. The van der Waals surface area contributed by atoms with Gasteiger partial charge in [0, 0.05) is 23.5 Å². The molecule has 1 heterocycles. The number of nitrogens with one attached hydrogen (secondary N) is 1. The maximum Gasteiger partial charge on any atom is 0.261 e. The second-order valence-electron chi connectivity index (χ2n) is 6.69. The topological polar surface area (TPSA) is 66.5 Å². The number of carbonyl (C=O) groups excluding carboxylic acids is 1. The molecule has 28 heavy (non-hydrogen) atoms. The van der Waals surface area contributed by atoms with E-state index in [2.05, 4.69) is 4.72 Å². The lowest BCUT2D eigenvalue weighted by molar-refractivity contribution is 0.0985. The number of amides is 1. The Morgan fingerprint density at radius 2 is 1.64 bits per heavy atom. The predicted molar refractivity (Wildman–Crippen MR) is 110 cm³/mol. The van der Waals surface area contributed by atoms with Gasteiger partial charge in [0.15, 0.2) is 0 Å². The zero-order valence-electron chi connectivity index (χ0n) is 15.2. The summed E-state index contributed by atoms with van der Waals surface area (Å²) < 4.78 is 28.0. The third kappa shape index (κ3) is 3.64. The van der Waals surface area contributed by atoms with Gasteiger partial charge in [-0.1, -0.05) is 42.5 Å². The van der Waals surface area contributed by atoms with Crippen LogP contribution in [-0.2, 0) is 16.4 Å². The van der Waals surface area contributed by atoms with Gasteiger partial charge in [-0.2, -0.15) is 0 Å². The Labute approximate surface area is 164 Å². The molecule has 0 fully saturated rings. The van der Waals surface area contributed by atoms with Gasteiger partial charge in [0.05, 0.1) is 4.90 Å². The molecule has 0 spiro atoms. The van der Waals surface area contributed by atoms with E-state index in [1.807, 2.05) is 30.3 Å². The van der Waals surface area contributed by atoms with Crippen molar-refractivity contribution in [2.24, 2.45) is 0 Å². The van der Waals surface area contributed by atoms with E-state index in [1.165, 1.54) is 12.1 Å². The predicted octanol–water partition coefficient (Wildman–Crippen LogP) is 4.08. The Balaban J connectivity index is 1.63. The Morgan fingerprint density at radius 3 is 2.46 bits per heavy atom. The molecule has 1 aliphatic rings. The van der Waals surface area contributed by atoms with Crippen LogP contribution >= 0.6 is 0 Å². The molecule has 1 N–H and O–H groups in total. The number of aryl methyl sites for hydroxylation is 1. The van der Waals surface area contributed by atoms with Gasteiger partial charge in [0.2, 0.25) is 0 Å². The average Bonchev–Trinajstić information content (AvgIpc) is 2.73. The molecule has 0 unspecified atom stereocenters. The molecule has 1 aliphatic heterocycles. The molecule has 0 bridgehead atoms. The minimum atomic E-state index is -3.78. The summed E-state index contributed by atoms with van der Waals surface area (Å²) in [6.07, 6.45) is 1.83. The maximum atomic E-state index is 13.1. The molecule has 5 nitrogen and oxygen atoms in total. The van der Waals surface area contributed by atoms with E-state index in [9.17, 15) is 13.2 Å². The molecule has 0 atom stereocenters. The Kier molecular flexibility index (Phi) is 4.88. The van der Waals surface area contributed by atoms with E-state index in [0.717, 1.165) is 24.1 Å². The number of hydrogen-bond donors (Lipinski definition) is 1. The minimum absolute atomic E-state index is 0.0625. The summed E-state index contributed by atoms with van der Waals surface area (Å²) in [4.78, 5) is 14.9. The lowest BCUT2D eigenvalue weighted by Gasteiger charge is -2.29. The summed E-state index contributed by atoms with van der Waals surface area (Å²) in [5, 5.41) is 0. The van der Waals surface area contributed by atoms with E-state index in [4.69, 9.17) is 0 Å². The number of carbonyl (C=O) groups is 1. The van der Waals surface area contributed by atoms with Crippen LogP contribution in [0.1, 0.15) is 22.3 Å². The van der Waals surface area contributed by atoms with E-state index in [-0.39, 0.29) is 10.8 Å². The van der Waals surface area contributed by atoms with Crippen molar-refractivity contribution in [2.75, 3.05) is 16.2 Å². The quantitative estimate of drug-likeness (QED) is 0.727. The SMILES string of the molecule is O=C(c1cccc(S(=O)(=O)Nc2ccccc2)c1)N1CCCc2ccccc21. The second-order valence-corrected chi connectivity index (χ2v) is 8.37. The Bertz CT molecular complexity index is 1110. The van der Waals surface area contributed by atoms with Crippen LogP contribution in [0.5, 0.6) is 0 Å². The molecule has 0 aromatic heterocycles. The highest BCUT2D eigenvalue weighted by molar-refractivity contribution is 7.92. The third-order valence-corrected chi connectivity index (χ3v) is 6.15. The monoisotopic (exact) mass is 392 g/mol. The van der Waals surface area contributed by atoms with Crippen molar-refractivity contribution in [2.45, 2.75) is 17.7 Å². The van der Waals surface area contributed by atoms with Crippen LogP contribution in [0.4, 0.5) is 11.4 Å². The van der Waals surface area contributed by atoms with Gasteiger partial charge >= 0.3 is 0 Å². The summed E-state index contributed by atoms with van der Waals surface area (Å²) in [6, 6.07) is 22.7. The van der Waals surface area contributed by atoms with Crippen molar-refractivity contribution >= 4 is 27.3 Å². The molecular weight excluding hydrogens is 372 g/mol. The summed E-state index contributed by atoms with van der Waals surface area (Å²) in [6.45, 7) is 0.620. The maximum absolute atomic E-state index is 13.1. The van der Waals surface area contributed by atoms with E-state index < -0.39 is 10.0 Å². The fourth-order valence-corrected chi connectivity index (χ4v) is 4.52. The number of fused-ring (bicyclic) bond motifs is 1. The number of hydrogen-bond acceptors (Lipinski definition) is 3. The van der Waals surface area contributed by atoms with Crippen molar-refractivity contribution in [3.63, 3.8) is 0 Å². The summed E-state index contributed by atoms with van der Waals surface area (Å²) in [5.74, 6) is -0.191. The molecule has 6 heteroatoms. The summed E-state index contributed by atoms with van der Waals surface area (Å²) >= 11 is 0. The van der Waals surface area contributed by atoms with Crippen LogP contribution < -0.4 is 9.62 Å². The molecule has 1 amide bonds. The van der Waals surface area contributed by atoms with Crippen molar-refractivity contribution in [1.82, 2.24) is 0 Å². The average molecular weight is 392 g/mol. The van der Waals surface area contributed by atoms with Gasteiger partial charge in [-0.05, 0) is 54.8 Å². The van der Waals surface area contributed by atoms with E-state index in [1.54, 1.807) is 41.3 Å². The van der Waals surface area contributed by atoms with Crippen LogP contribution in [-0.4, -0.2) is 20.9 Å². The number of para-hydroxylation sites is 2. The van der Waals surface area contributed by atoms with Gasteiger partial charge in [0.1, 0.15) is 0 Å². The van der Waals surface area contributed by atoms with Gasteiger partial charge in [-0.25, -0.2) is 8.42 Å². The molecule has 0 saturated heterocycles. The van der Waals surface area contributed by atoms with Crippen LogP contribution in [0.25, 0.3) is 0 Å². The van der Waals surface area contributed by atoms with Crippen molar-refractivity contribution in [3.8, 4) is 0 Å². The van der Waals surface area contributed by atoms with Gasteiger partial charge in [0.25, 0.3) is 15.9 Å². The van der Waals surface area contributed by atoms with E-state index >= 15 is 0 Å². The molecule has 0 aliphatic carbocycles. The zero-order valence-corrected chi connectivity index (χ0v) is 16.0. The van der Waals surface area contributed by atoms with Crippen LogP contribution in [0.3, 0.4) is 0 Å². The Morgan fingerprint density at radius 1 is 0.893 bits per heavy atom. The molecule has 3 aromatic rings. The Hall–Kier alpha value is -3.12. The normalized spacial score (nSPS) is 13.6. The van der Waals surface area contributed by atoms with Crippen molar-refractivity contribution in [1.29, 1.82) is 0 Å². The van der Waals surface area contributed by atoms with Gasteiger partial charge < -0.3 is 4.90 Å². The molecule has 3 aromatic carbocycles. The summed E-state index contributed by atoms with van der Waals surface area (Å²) in [5.41, 5.74) is 2.86. The molecule has 0 saturated carbocycles. The van der Waals surface area contributed by atoms with Crippen LogP contribution in [0, 0.1) is 0 Å². The fraction of sp³-hybridized carbons (Fsp3) is 0.136. The number of nitrogens with zero attached hydrogens (tertiary/aromatic N) is 1. The first kappa shape index (κ1) is 18.3. The van der Waals surface area contributed by atoms with Gasteiger partial charge in [-0.15, -0.1) is 0 Å². The largest absolute Gasteiger partial charge is 0.308 e. The lowest BCUT2D eigenvalue weighted by atomic mass is 10.0. The first-order valence-corrected chi connectivity index (χ1v) is 10.6. The highest BCUT2D eigenvalue weighted by Crippen LogP contribution is 2.28. The first-order valence-electron chi connectivity index (χ1n) is 9.12. The van der Waals surface area contributed by atoms with Crippen LogP contribution in [0.2, 0.25) is 0 Å². The minimum Gasteiger partial charge on any atom is -0.308 e. The highest BCUT2D eigenvalue weighted by atomic mass is 32.2. The van der Waals surface area contributed by atoms with Crippen LogP contribution in [0.15, 0.2) is 83.8 Å². The number of anilines is 2. The molecular formula is C22H20N2O3S. The third-order valence-electron chi connectivity index (χ3n) is 4.77. The standard InChI is InChI=1S/C22H20N2O3S/c25-22(24-15-7-10-17-8-4-5-14-21(17)24)18-9-6-13-20(16-18)28(26,27)23-19-11-2-1-3-12-19/h1-6,8-9,11-14,16,23H,7,10,15H2. The number of rotatable bonds is 4. The first-order chi connectivity index (χ1) is 13.5. The molecule has 142 valence electrons. The highest BCUT2D eigenvalue weighted by Gasteiger charge is 2.24. The van der Waals surface area contributed by atoms with Crippen molar-refractivity contribution in [3.05, 3.63) is 90.0 Å². The fourth-order valence-electron chi connectivity index (χ4n) is 3.42. The van der Waals surface area contributed by atoms with Crippen molar-refractivity contribution < 1.29 is 13.2 Å². The number of benzene rings is 3. The summed E-state index contributed by atoms with van der Waals surface area (Å²) in [7, 11) is -3.78.